The zero-order valence-corrected chi connectivity index (χ0v) is 13.3. The average Bonchev–Trinajstić information content (AvgIpc) is 2.76. The zero-order chi connectivity index (χ0) is 15.2. The number of methoxy groups -OCH3 is 1. The predicted octanol–water partition coefficient (Wildman–Crippen LogP) is 4.70. The van der Waals surface area contributed by atoms with Crippen LogP contribution >= 0.6 is 23.2 Å². The smallest absolute Gasteiger partial charge is 0.175 e. The minimum atomic E-state index is -0.608. The molecule has 0 saturated heterocycles. The summed E-state index contributed by atoms with van der Waals surface area (Å²) in [5.41, 5.74) is 1.78. The van der Waals surface area contributed by atoms with Gasteiger partial charge in [0.2, 0.25) is 0 Å². The Balaban J connectivity index is 2.17. The molecule has 1 aliphatic rings. The first-order valence-corrected chi connectivity index (χ1v) is 7.40. The second kappa shape index (κ2) is 5.04. The molecule has 4 heteroatoms. The van der Waals surface area contributed by atoms with Crippen LogP contribution in [0, 0.1) is 0 Å². The van der Waals surface area contributed by atoms with E-state index in [1.807, 2.05) is 43.3 Å². The number of ether oxygens (including phenoxy) is 1. The van der Waals surface area contributed by atoms with Crippen molar-refractivity contribution in [2.75, 3.05) is 7.11 Å². The molecule has 0 spiro atoms. The summed E-state index contributed by atoms with van der Waals surface area (Å²) in [4.78, 5) is 12.9. The molecular formula is C17H14Cl2O2. The van der Waals surface area contributed by atoms with Crippen LogP contribution in [0.4, 0.5) is 0 Å². The molecule has 108 valence electrons. The molecule has 3 rings (SSSR count). The Labute approximate surface area is 133 Å². The summed E-state index contributed by atoms with van der Waals surface area (Å²) >= 11 is 12.5. The van der Waals surface area contributed by atoms with Crippen LogP contribution in [0.15, 0.2) is 36.4 Å². The summed E-state index contributed by atoms with van der Waals surface area (Å²) in [5, 5.41) is 0.583. The van der Waals surface area contributed by atoms with Gasteiger partial charge in [0, 0.05) is 5.56 Å². The van der Waals surface area contributed by atoms with Gasteiger partial charge in [-0.3, -0.25) is 4.79 Å². The number of carbonyl (C=O) groups is 1. The van der Waals surface area contributed by atoms with E-state index in [1.54, 1.807) is 0 Å². The van der Waals surface area contributed by atoms with Crippen molar-refractivity contribution < 1.29 is 9.53 Å². The van der Waals surface area contributed by atoms with Crippen molar-refractivity contribution in [2.45, 2.75) is 18.8 Å². The highest BCUT2D eigenvalue weighted by Crippen LogP contribution is 2.47. The van der Waals surface area contributed by atoms with Gasteiger partial charge in [-0.1, -0.05) is 53.5 Å². The van der Waals surface area contributed by atoms with Crippen molar-refractivity contribution in [2.24, 2.45) is 0 Å². The van der Waals surface area contributed by atoms with Crippen molar-refractivity contribution in [3.8, 4) is 5.75 Å². The zero-order valence-electron chi connectivity index (χ0n) is 11.7. The van der Waals surface area contributed by atoms with E-state index in [2.05, 4.69) is 0 Å². The number of ketones is 1. The molecule has 0 radical (unpaired) electrons. The molecule has 0 unspecified atom stereocenters. The third-order valence-corrected chi connectivity index (χ3v) is 5.01. The number of hydrogen-bond donors (Lipinski definition) is 0. The van der Waals surface area contributed by atoms with Crippen molar-refractivity contribution >= 4 is 29.0 Å². The maximum atomic E-state index is 12.9. The lowest BCUT2D eigenvalue weighted by molar-refractivity contribution is 0.0915. The van der Waals surface area contributed by atoms with Crippen LogP contribution < -0.4 is 4.74 Å². The maximum Gasteiger partial charge on any atom is 0.175 e. The molecule has 0 bridgehead atoms. The highest BCUT2D eigenvalue weighted by Gasteiger charge is 2.44. The van der Waals surface area contributed by atoms with E-state index in [-0.39, 0.29) is 10.8 Å². The summed E-state index contributed by atoms with van der Waals surface area (Å²) in [6, 6.07) is 11.6. The third kappa shape index (κ3) is 2.05. The number of benzene rings is 2. The molecule has 2 nitrogen and oxygen atoms in total. The minimum Gasteiger partial charge on any atom is -0.495 e. The quantitative estimate of drug-likeness (QED) is 0.801. The van der Waals surface area contributed by atoms with Crippen LogP contribution in [0.2, 0.25) is 10.0 Å². The van der Waals surface area contributed by atoms with Gasteiger partial charge in [0.1, 0.15) is 10.8 Å². The van der Waals surface area contributed by atoms with Crippen LogP contribution in [0.25, 0.3) is 0 Å². The molecular weight excluding hydrogens is 307 g/mol. The Hall–Kier alpha value is -1.51. The lowest BCUT2D eigenvalue weighted by Crippen LogP contribution is -2.29. The van der Waals surface area contributed by atoms with E-state index in [9.17, 15) is 4.79 Å². The largest absolute Gasteiger partial charge is 0.495 e. The van der Waals surface area contributed by atoms with Gasteiger partial charge in [0.15, 0.2) is 5.78 Å². The summed E-state index contributed by atoms with van der Waals surface area (Å²) in [6.07, 6.45) is 0.596. The van der Waals surface area contributed by atoms with Crippen LogP contribution in [-0.4, -0.2) is 12.9 Å². The fourth-order valence-electron chi connectivity index (χ4n) is 2.96. The summed E-state index contributed by atoms with van der Waals surface area (Å²) in [6.45, 7) is 1.95. The van der Waals surface area contributed by atoms with Crippen LogP contribution in [0.5, 0.6) is 5.75 Å². The lowest BCUT2D eigenvalue weighted by Gasteiger charge is -2.22. The lowest BCUT2D eigenvalue weighted by atomic mass is 9.79. The molecule has 0 saturated carbocycles. The van der Waals surface area contributed by atoms with E-state index in [4.69, 9.17) is 27.9 Å². The molecule has 0 N–H and O–H groups in total. The fraction of sp³-hybridized carbons (Fsp3) is 0.235. The topological polar surface area (TPSA) is 26.3 Å². The van der Waals surface area contributed by atoms with E-state index in [0.717, 1.165) is 11.1 Å². The monoisotopic (exact) mass is 320 g/mol. The highest BCUT2D eigenvalue weighted by molar-refractivity contribution is 6.45. The molecule has 0 aromatic heterocycles. The first-order chi connectivity index (χ1) is 9.99. The number of hydrogen-bond acceptors (Lipinski definition) is 2. The Kier molecular flexibility index (Phi) is 3.46. The number of carbonyl (C=O) groups excluding carboxylic acids is 1. The number of rotatable bonds is 2. The molecule has 2 aromatic carbocycles. The van der Waals surface area contributed by atoms with Crippen molar-refractivity contribution in [1.29, 1.82) is 0 Å². The van der Waals surface area contributed by atoms with Gasteiger partial charge < -0.3 is 4.74 Å². The van der Waals surface area contributed by atoms with Crippen molar-refractivity contribution in [3.05, 3.63) is 63.1 Å². The fourth-order valence-corrected chi connectivity index (χ4v) is 3.49. The summed E-state index contributed by atoms with van der Waals surface area (Å²) in [7, 11) is 1.54. The van der Waals surface area contributed by atoms with E-state index >= 15 is 0 Å². The predicted molar refractivity (Wildman–Crippen MR) is 84.8 cm³/mol. The molecule has 2 aromatic rings. The second-order valence-electron chi connectivity index (χ2n) is 5.44. The standard InChI is InChI=1S/C17H14Cl2O2/c1-17(11-6-4-3-5-7-11)9-10-8-12(21-2)14(18)15(19)13(10)16(17)20/h3-8H,9H2,1-2H3/t17-/m1/s1. The maximum absolute atomic E-state index is 12.9. The van der Waals surface area contributed by atoms with Gasteiger partial charge in [-0.25, -0.2) is 0 Å². The Bertz CT molecular complexity index is 725. The third-order valence-electron chi connectivity index (χ3n) is 4.16. The van der Waals surface area contributed by atoms with Gasteiger partial charge in [0.25, 0.3) is 0 Å². The first-order valence-electron chi connectivity index (χ1n) is 6.64. The van der Waals surface area contributed by atoms with Gasteiger partial charge in [-0.05, 0) is 30.5 Å². The SMILES string of the molecule is COc1cc2c(c(Cl)c1Cl)C(=O)[C@@](C)(c1ccccc1)C2. The number of halogens is 2. The molecule has 0 aliphatic heterocycles. The Morgan fingerprint density at radius 3 is 2.43 bits per heavy atom. The molecule has 0 amide bonds. The minimum absolute atomic E-state index is 0.0123. The highest BCUT2D eigenvalue weighted by atomic mass is 35.5. The molecule has 21 heavy (non-hydrogen) atoms. The van der Waals surface area contributed by atoms with Crippen molar-refractivity contribution in [3.63, 3.8) is 0 Å². The van der Waals surface area contributed by atoms with E-state index < -0.39 is 5.41 Å². The normalized spacial score (nSPS) is 20.5. The van der Waals surface area contributed by atoms with Gasteiger partial charge >= 0.3 is 0 Å². The number of fused-ring (bicyclic) bond motifs is 1. The summed E-state index contributed by atoms with van der Waals surface area (Å²) in [5.74, 6) is 0.517. The van der Waals surface area contributed by atoms with Gasteiger partial charge in [0.05, 0.1) is 17.5 Å². The average molecular weight is 321 g/mol. The summed E-state index contributed by atoms with van der Waals surface area (Å²) < 4.78 is 5.23. The number of Topliss-reactive ketones (excluding diaryl/α,β-unsaturated/α-hetero) is 1. The van der Waals surface area contributed by atoms with E-state index in [0.29, 0.717) is 22.8 Å². The molecule has 1 atom stereocenters. The Morgan fingerprint density at radius 1 is 1.14 bits per heavy atom. The van der Waals surface area contributed by atoms with Gasteiger partial charge in [-0.15, -0.1) is 0 Å². The van der Waals surface area contributed by atoms with Crippen LogP contribution in [0.1, 0.15) is 28.4 Å². The van der Waals surface area contributed by atoms with Crippen LogP contribution in [0.3, 0.4) is 0 Å². The van der Waals surface area contributed by atoms with Gasteiger partial charge in [-0.2, -0.15) is 0 Å². The molecule has 1 aliphatic carbocycles. The molecule has 0 fully saturated rings. The second-order valence-corrected chi connectivity index (χ2v) is 6.20. The van der Waals surface area contributed by atoms with E-state index in [1.165, 1.54) is 7.11 Å². The van der Waals surface area contributed by atoms with Crippen LogP contribution in [-0.2, 0) is 11.8 Å². The van der Waals surface area contributed by atoms with Crippen molar-refractivity contribution in [1.82, 2.24) is 0 Å². The first kappa shape index (κ1) is 14.4. The Morgan fingerprint density at radius 2 is 1.81 bits per heavy atom. The molecule has 0 heterocycles.